The van der Waals surface area contributed by atoms with Gasteiger partial charge in [-0.2, -0.15) is 0 Å². The molecule has 2 N–H and O–H groups in total. The minimum absolute atomic E-state index is 0.0189. The molecular weight excluding hydrogens is 254 g/mol. The van der Waals surface area contributed by atoms with Gasteiger partial charge in [0.2, 0.25) is 0 Å². The van der Waals surface area contributed by atoms with Crippen LogP contribution in [0.5, 0.6) is 0 Å². The van der Waals surface area contributed by atoms with Gasteiger partial charge in [-0.3, -0.25) is 4.79 Å². The molecule has 0 bridgehead atoms. The number of ketones is 1. The maximum Gasteiger partial charge on any atom is 0.179 e. The van der Waals surface area contributed by atoms with E-state index in [0.29, 0.717) is 0 Å². The zero-order valence-corrected chi connectivity index (χ0v) is 10.3. The Morgan fingerprint density at radius 3 is 2.87 bits per heavy atom. The Kier molecular flexibility index (Phi) is 2.94. The lowest BCUT2D eigenvalue weighted by atomic mass is 10.0. The predicted octanol–water partition coefficient (Wildman–Crippen LogP) is 2.47. The summed E-state index contributed by atoms with van der Waals surface area (Å²) in [5.41, 5.74) is 8.99. The van der Waals surface area contributed by atoms with Crippen molar-refractivity contribution in [2.75, 3.05) is 0 Å². The van der Waals surface area contributed by atoms with Gasteiger partial charge in [-0.15, -0.1) is 0 Å². The van der Waals surface area contributed by atoms with Gasteiger partial charge in [-0.05, 0) is 49.4 Å². The minimum Gasteiger partial charge on any atom is -0.321 e. The molecule has 0 aromatic heterocycles. The number of hydrogen-bond donors (Lipinski definition) is 1. The third kappa shape index (κ3) is 1.99. The van der Waals surface area contributed by atoms with Gasteiger partial charge in [0.05, 0.1) is 6.04 Å². The van der Waals surface area contributed by atoms with Crippen LogP contribution < -0.4 is 5.73 Å². The maximum absolute atomic E-state index is 11.8. The van der Waals surface area contributed by atoms with Gasteiger partial charge in [0.1, 0.15) is 0 Å². The van der Waals surface area contributed by atoms with Gasteiger partial charge in [-0.25, -0.2) is 0 Å². The molecule has 1 aromatic carbocycles. The van der Waals surface area contributed by atoms with Crippen LogP contribution in [0.15, 0.2) is 16.6 Å². The van der Waals surface area contributed by atoms with Crippen molar-refractivity contribution in [3.8, 4) is 0 Å². The highest BCUT2D eigenvalue weighted by molar-refractivity contribution is 9.10. The minimum atomic E-state index is -0.420. The van der Waals surface area contributed by atoms with Crippen molar-refractivity contribution < 1.29 is 4.79 Å². The Balaban J connectivity index is 2.44. The summed E-state index contributed by atoms with van der Waals surface area (Å²) in [7, 11) is 0. The number of carbonyl (C=O) groups is 1. The molecule has 2 nitrogen and oxygen atoms in total. The summed E-state index contributed by atoms with van der Waals surface area (Å²) < 4.78 is 1.06. The summed E-state index contributed by atoms with van der Waals surface area (Å²) in [6.07, 6.45) is 3.38. The molecule has 0 amide bonds. The summed E-state index contributed by atoms with van der Waals surface area (Å²) >= 11 is 3.52. The molecule has 3 heteroatoms. The molecule has 1 aliphatic carbocycles. The molecule has 0 heterocycles. The topological polar surface area (TPSA) is 43.1 Å². The Morgan fingerprint density at radius 2 is 2.20 bits per heavy atom. The highest BCUT2D eigenvalue weighted by Crippen LogP contribution is 2.30. The average Bonchev–Trinajstić information content (AvgIpc) is 2.64. The fourth-order valence-corrected chi connectivity index (χ4v) is 2.76. The average molecular weight is 268 g/mol. The maximum atomic E-state index is 11.8. The van der Waals surface area contributed by atoms with Gasteiger partial charge >= 0.3 is 0 Å². The Labute approximate surface area is 98.0 Å². The van der Waals surface area contributed by atoms with Crippen LogP contribution >= 0.6 is 15.9 Å². The van der Waals surface area contributed by atoms with E-state index in [1.165, 1.54) is 17.5 Å². The lowest BCUT2D eigenvalue weighted by Gasteiger charge is -2.08. The van der Waals surface area contributed by atoms with E-state index in [0.717, 1.165) is 22.9 Å². The molecule has 0 spiro atoms. The molecular formula is C12H14BrNO. The summed E-state index contributed by atoms with van der Waals surface area (Å²) in [5, 5.41) is 0. The van der Waals surface area contributed by atoms with E-state index < -0.39 is 6.04 Å². The Bertz CT molecular complexity index is 412. The molecule has 0 radical (unpaired) electrons. The van der Waals surface area contributed by atoms with Crippen molar-refractivity contribution in [1.29, 1.82) is 0 Å². The summed E-state index contributed by atoms with van der Waals surface area (Å²) in [6.45, 7) is 1.73. The molecule has 2 rings (SSSR count). The quantitative estimate of drug-likeness (QED) is 0.837. The van der Waals surface area contributed by atoms with Crippen molar-refractivity contribution >= 4 is 21.7 Å². The van der Waals surface area contributed by atoms with Crippen molar-refractivity contribution in [2.45, 2.75) is 32.2 Å². The van der Waals surface area contributed by atoms with E-state index in [1.807, 2.05) is 12.1 Å². The molecule has 0 saturated carbocycles. The second-order valence-electron chi connectivity index (χ2n) is 4.10. The van der Waals surface area contributed by atoms with Crippen LogP contribution in [0.4, 0.5) is 0 Å². The first-order valence-corrected chi connectivity index (χ1v) is 6.00. The van der Waals surface area contributed by atoms with Crippen LogP contribution in [0.3, 0.4) is 0 Å². The Morgan fingerprint density at radius 1 is 1.47 bits per heavy atom. The molecule has 0 saturated heterocycles. The number of nitrogens with two attached hydrogens (primary N) is 1. The van der Waals surface area contributed by atoms with Crippen molar-refractivity contribution in [2.24, 2.45) is 5.73 Å². The number of fused-ring (bicyclic) bond motifs is 1. The highest BCUT2D eigenvalue weighted by atomic mass is 79.9. The number of benzene rings is 1. The molecule has 1 aliphatic rings. The first kappa shape index (κ1) is 10.8. The lowest BCUT2D eigenvalue weighted by Crippen LogP contribution is -2.26. The van der Waals surface area contributed by atoms with E-state index in [-0.39, 0.29) is 5.78 Å². The fraction of sp³-hybridized carbons (Fsp3) is 0.417. The third-order valence-corrected chi connectivity index (χ3v) is 3.57. The lowest BCUT2D eigenvalue weighted by molar-refractivity contribution is 0.0968. The zero-order chi connectivity index (χ0) is 11.0. The van der Waals surface area contributed by atoms with E-state index in [1.54, 1.807) is 6.92 Å². The zero-order valence-electron chi connectivity index (χ0n) is 8.72. The van der Waals surface area contributed by atoms with Crippen molar-refractivity contribution in [3.63, 3.8) is 0 Å². The van der Waals surface area contributed by atoms with Crippen LogP contribution in [0, 0.1) is 0 Å². The van der Waals surface area contributed by atoms with Gasteiger partial charge in [0.15, 0.2) is 5.78 Å². The van der Waals surface area contributed by atoms with Gasteiger partial charge < -0.3 is 5.73 Å². The molecule has 0 aliphatic heterocycles. The van der Waals surface area contributed by atoms with Crippen LogP contribution in [0.2, 0.25) is 0 Å². The Hall–Kier alpha value is -0.670. The van der Waals surface area contributed by atoms with Crippen LogP contribution in [-0.2, 0) is 12.8 Å². The van der Waals surface area contributed by atoms with E-state index in [9.17, 15) is 4.79 Å². The smallest absolute Gasteiger partial charge is 0.179 e. The standard InChI is InChI=1S/C12H14BrNO/c1-7(14)12(15)9-5-8-3-2-4-10(8)11(13)6-9/h5-7H,2-4,14H2,1H3. The number of carbonyl (C=O) groups excluding carboxylic acids is 1. The first-order chi connectivity index (χ1) is 7.09. The predicted molar refractivity (Wildman–Crippen MR) is 64.1 cm³/mol. The summed E-state index contributed by atoms with van der Waals surface area (Å²) in [4.78, 5) is 11.8. The molecule has 1 unspecified atom stereocenters. The third-order valence-electron chi connectivity index (χ3n) is 2.86. The number of aryl methyl sites for hydroxylation is 1. The van der Waals surface area contributed by atoms with Gasteiger partial charge in [0.25, 0.3) is 0 Å². The first-order valence-electron chi connectivity index (χ1n) is 5.20. The van der Waals surface area contributed by atoms with Gasteiger partial charge in [-0.1, -0.05) is 15.9 Å². The molecule has 0 fully saturated rings. The summed E-state index contributed by atoms with van der Waals surface area (Å²) in [6, 6.07) is 3.48. The van der Waals surface area contributed by atoms with Crippen LogP contribution in [0.1, 0.15) is 34.8 Å². The van der Waals surface area contributed by atoms with Gasteiger partial charge in [0, 0.05) is 10.0 Å². The molecule has 15 heavy (non-hydrogen) atoms. The number of halogens is 1. The number of Topliss-reactive ketones (excluding diaryl/α,β-unsaturated/α-hetero) is 1. The van der Waals surface area contributed by atoms with Crippen LogP contribution in [-0.4, -0.2) is 11.8 Å². The second kappa shape index (κ2) is 4.06. The van der Waals surface area contributed by atoms with E-state index in [4.69, 9.17) is 5.73 Å². The number of rotatable bonds is 2. The largest absolute Gasteiger partial charge is 0.321 e. The van der Waals surface area contributed by atoms with Crippen LogP contribution in [0.25, 0.3) is 0 Å². The number of hydrogen-bond acceptors (Lipinski definition) is 2. The summed E-state index contributed by atoms with van der Waals surface area (Å²) in [5.74, 6) is 0.0189. The molecule has 80 valence electrons. The van der Waals surface area contributed by atoms with Crippen molar-refractivity contribution in [3.05, 3.63) is 33.3 Å². The normalized spacial score (nSPS) is 16.2. The van der Waals surface area contributed by atoms with E-state index in [2.05, 4.69) is 15.9 Å². The molecule has 1 aromatic rings. The second-order valence-corrected chi connectivity index (χ2v) is 4.96. The monoisotopic (exact) mass is 267 g/mol. The molecule has 1 atom stereocenters. The van der Waals surface area contributed by atoms with E-state index >= 15 is 0 Å². The highest BCUT2D eigenvalue weighted by Gasteiger charge is 2.18. The van der Waals surface area contributed by atoms with Crippen molar-refractivity contribution in [1.82, 2.24) is 0 Å². The fourth-order valence-electron chi connectivity index (χ4n) is 2.06. The SMILES string of the molecule is CC(N)C(=O)c1cc(Br)c2c(c1)CCC2.